The van der Waals surface area contributed by atoms with Gasteiger partial charge < -0.3 is 19.7 Å². The Kier molecular flexibility index (Phi) is 5.06. The van der Waals surface area contributed by atoms with Crippen molar-refractivity contribution in [2.24, 2.45) is 0 Å². The van der Waals surface area contributed by atoms with Crippen LogP contribution in [-0.4, -0.2) is 35.6 Å². The van der Waals surface area contributed by atoms with Crippen LogP contribution in [0.25, 0.3) is 21.5 Å². The third-order valence-corrected chi connectivity index (χ3v) is 3.82. The number of hydrogen-bond acceptors (Lipinski definition) is 4. The highest BCUT2D eigenvalue weighted by molar-refractivity contribution is 6.11. The summed E-state index contributed by atoms with van der Waals surface area (Å²) in [5.41, 5.74) is 0. The van der Waals surface area contributed by atoms with Crippen molar-refractivity contribution in [1.29, 1.82) is 0 Å². The SMILES string of the molecule is CC(O)COc1c2ccccc2c(OCC(C)O)c2cc(F)ccc12. The number of ether oxygens (including phenoxy) is 2. The second-order valence-corrected chi connectivity index (χ2v) is 6.21. The summed E-state index contributed by atoms with van der Waals surface area (Å²) >= 11 is 0. The molecule has 0 saturated carbocycles. The number of benzene rings is 3. The van der Waals surface area contributed by atoms with Gasteiger partial charge in [0.05, 0.1) is 12.2 Å². The van der Waals surface area contributed by atoms with Gasteiger partial charge in [0.25, 0.3) is 0 Å². The molecular weight excluding hydrogens is 323 g/mol. The lowest BCUT2D eigenvalue weighted by molar-refractivity contribution is 0.123. The molecule has 4 nitrogen and oxygen atoms in total. The standard InChI is InChI=1S/C20H21FO4/c1-12(22)10-24-19-15-5-3-4-6-16(15)20(25-11-13(2)23)18-9-14(21)7-8-17(18)19/h3-9,12-13,22-23H,10-11H2,1-2H3. The van der Waals surface area contributed by atoms with Crippen molar-refractivity contribution in [1.82, 2.24) is 0 Å². The van der Waals surface area contributed by atoms with E-state index in [2.05, 4.69) is 0 Å². The van der Waals surface area contributed by atoms with Gasteiger partial charge >= 0.3 is 0 Å². The van der Waals surface area contributed by atoms with E-state index in [1.165, 1.54) is 12.1 Å². The molecule has 0 aliphatic carbocycles. The van der Waals surface area contributed by atoms with E-state index in [0.717, 1.165) is 10.8 Å². The number of aliphatic hydroxyl groups is 2. The van der Waals surface area contributed by atoms with Gasteiger partial charge in [0.1, 0.15) is 30.5 Å². The van der Waals surface area contributed by atoms with E-state index in [0.29, 0.717) is 22.3 Å². The summed E-state index contributed by atoms with van der Waals surface area (Å²) in [5.74, 6) is 0.706. The lowest BCUT2D eigenvalue weighted by Gasteiger charge is -2.19. The van der Waals surface area contributed by atoms with Gasteiger partial charge in [-0.25, -0.2) is 4.39 Å². The molecule has 0 amide bonds. The fourth-order valence-electron chi connectivity index (χ4n) is 2.79. The molecule has 2 N–H and O–H groups in total. The van der Waals surface area contributed by atoms with Crippen molar-refractivity contribution in [3.05, 3.63) is 48.3 Å². The zero-order valence-corrected chi connectivity index (χ0v) is 14.2. The molecule has 0 radical (unpaired) electrons. The number of fused-ring (bicyclic) bond motifs is 2. The Morgan fingerprint density at radius 3 is 1.80 bits per heavy atom. The summed E-state index contributed by atoms with van der Waals surface area (Å²) in [5, 5.41) is 22.0. The zero-order chi connectivity index (χ0) is 18.0. The minimum Gasteiger partial charge on any atom is -0.490 e. The third-order valence-electron chi connectivity index (χ3n) is 3.82. The molecule has 3 aromatic rings. The first-order valence-electron chi connectivity index (χ1n) is 8.23. The molecule has 2 atom stereocenters. The summed E-state index contributed by atoms with van der Waals surface area (Å²) in [6, 6.07) is 11.9. The third kappa shape index (κ3) is 3.67. The summed E-state index contributed by atoms with van der Waals surface area (Å²) in [4.78, 5) is 0. The normalized spacial score (nSPS) is 13.8. The van der Waals surface area contributed by atoms with Crippen molar-refractivity contribution in [3.63, 3.8) is 0 Å². The topological polar surface area (TPSA) is 58.9 Å². The number of rotatable bonds is 6. The smallest absolute Gasteiger partial charge is 0.135 e. The minimum atomic E-state index is -0.645. The molecule has 3 aromatic carbocycles. The van der Waals surface area contributed by atoms with E-state index in [-0.39, 0.29) is 19.0 Å². The minimum absolute atomic E-state index is 0.101. The van der Waals surface area contributed by atoms with Gasteiger partial charge in [0.15, 0.2) is 0 Å². The first kappa shape index (κ1) is 17.5. The van der Waals surface area contributed by atoms with E-state index in [4.69, 9.17) is 9.47 Å². The van der Waals surface area contributed by atoms with E-state index >= 15 is 0 Å². The Hall–Kier alpha value is -2.37. The van der Waals surface area contributed by atoms with Crippen LogP contribution in [0.5, 0.6) is 11.5 Å². The van der Waals surface area contributed by atoms with Gasteiger partial charge in [-0.2, -0.15) is 0 Å². The molecule has 0 aliphatic heterocycles. The van der Waals surface area contributed by atoms with Crippen molar-refractivity contribution in [3.8, 4) is 11.5 Å². The molecule has 2 unspecified atom stereocenters. The van der Waals surface area contributed by atoms with Crippen LogP contribution in [0.3, 0.4) is 0 Å². The molecule has 132 valence electrons. The predicted molar refractivity (Wildman–Crippen MR) is 95.8 cm³/mol. The van der Waals surface area contributed by atoms with Crippen molar-refractivity contribution >= 4 is 21.5 Å². The maximum Gasteiger partial charge on any atom is 0.135 e. The Balaban J connectivity index is 2.28. The summed E-state index contributed by atoms with van der Waals surface area (Å²) in [6.07, 6.45) is -1.27. The Bertz CT molecular complexity index is 890. The van der Waals surface area contributed by atoms with Crippen LogP contribution >= 0.6 is 0 Å². The molecule has 5 heteroatoms. The predicted octanol–water partition coefficient (Wildman–Crippen LogP) is 3.65. The van der Waals surface area contributed by atoms with Crippen LogP contribution in [0.2, 0.25) is 0 Å². The van der Waals surface area contributed by atoms with E-state index in [9.17, 15) is 14.6 Å². The largest absolute Gasteiger partial charge is 0.490 e. The highest BCUT2D eigenvalue weighted by atomic mass is 19.1. The lowest BCUT2D eigenvalue weighted by atomic mass is 10.0. The highest BCUT2D eigenvalue weighted by Gasteiger charge is 2.17. The maximum atomic E-state index is 13.9. The van der Waals surface area contributed by atoms with E-state index in [1.807, 2.05) is 24.3 Å². The summed E-state index contributed by atoms with van der Waals surface area (Å²) in [7, 11) is 0. The fraction of sp³-hybridized carbons (Fsp3) is 0.300. The van der Waals surface area contributed by atoms with Crippen LogP contribution in [0, 0.1) is 5.82 Å². The Morgan fingerprint density at radius 2 is 1.28 bits per heavy atom. The Labute approximate surface area is 145 Å². The monoisotopic (exact) mass is 344 g/mol. The van der Waals surface area contributed by atoms with Crippen LogP contribution < -0.4 is 9.47 Å². The average molecular weight is 344 g/mol. The van der Waals surface area contributed by atoms with Crippen molar-refractivity contribution in [2.75, 3.05) is 13.2 Å². The van der Waals surface area contributed by atoms with Gasteiger partial charge in [-0.1, -0.05) is 24.3 Å². The van der Waals surface area contributed by atoms with Crippen molar-refractivity contribution in [2.45, 2.75) is 26.1 Å². The summed E-state index contributed by atoms with van der Waals surface area (Å²) in [6.45, 7) is 3.50. The molecule has 0 heterocycles. The van der Waals surface area contributed by atoms with Gasteiger partial charge in [0.2, 0.25) is 0 Å². The highest BCUT2D eigenvalue weighted by Crippen LogP contribution is 2.43. The molecule has 0 aliphatic rings. The van der Waals surface area contributed by atoms with Gasteiger partial charge in [-0.05, 0) is 32.0 Å². The van der Waals surface area contributed by atoms with Crippen LogP contribution in [0.1, 0.15) is 13.8 Å². The van der Waals surface area contributed by atoms with Crippen LogP contribution in [0.15, 0.2) is 42.5 Å². The van der Waals surface area contributed by atoms with E-state index < -0.39 is 12.2 Å². The molecule has 3 rings (SSSR count). The molecule has 0 aromatic heterocycles. The second-order valence-electron chi connectivity index (χ2n) is 6.21. The van der Waals surface area contributed by atoms with Crippen LogP contribution in [-0.2, 0) is 0 Å². The molecule has 0 bridgehead atoms. The van der Waals surface area contributed by atoms with Crippen LogP contribution in [0.4, 0.5) is 4.39 Å². The van der Waals surface area contributed by atoms with Gasteiger partial charge in [-0.3, -0.25) is 0 Å². The molecule has 0 fully saturated rings. The Morgan fingerprint density at radius 1 is 0.800 bits per heavy atom. The number of hydrogen-bond donors (Lipinski definition) is 2. The second kappa shape index (κ2) is 7.25. The first-order valence-corrected chi connectivity index (χ1v) is 8.23. The molecule has 25 heavy (non-hydrogen) atoms. The van der Waals surface area contributed by atoms with E-state index in [1.54, 1.807) is 19.9 Å². The van der Waals surface area contributed by atoms with Gasteiger partial charge in [0, 0.05) is 21.5 Å². The van der Waals surface area contributed by atoms with Gasteiger partial charge in [-0.15, -0.1) is 0 Å². The molecule has 0 spiro atoms. The number of halogens is 1. The molecule has 0 saturated heterocycles. The average Bonchev–Trinajstić information content (AvgIpc) is 2.57. The molecular formula is C20H21FO4. The quantitative estimate of drug-likeness (QED) is 0.670. The lowest BCUT2D eigenvalue weighted by Crippen LogP contribution is -2.14. The zero-order valence-electron chi connectivity index (χ0n) is 14.2. The fourth-order valence-corrected chi connectivity index (χ4v) is 2.79. The summed E-state index contributed by atoms with van der Waals surface area (Å²) < 4.78 is 25.5. The number of aliphatic hydroxyl groups excluding tert-OH is 2. The maximum absolute atomic E-state index is 13.9. The first-order chi connectivity index (χ1) is 12.0. The van der Waals surface area contributed by atoms with Crippen molar-refractivity contribution < 1.29 is 24.1 Å².